The Labute approximate surface area is 84.6 Å². The van der Waals surface area contributed by atoms with Gasteiger partial charge in [0.25, 0.3) is 0 Å². The fourth-order valence-corrected chi connectivity index (χ4v) is 0.644. The SMILES string of the molecule is CC.CCCCNC(=O)C(C)(C)C.[HH]. The molecule has 0 aliphatic rings. The molecule has 13 heavy (non-hydrogen) atoms. The molecule has 2 nitrogen and oxygen atoms in total. The second kappa shape index (κ2) is 8.09. The first-order valence-electron chi connectivity index (χ1n) is 5.26. The quantitative estimate of drug-likeness (QED) is 0.679. The molecule has 0 bridgehead atoms. The molecule has 2 heteroatoms. The van der Waals surface area contributed by atoms with Crippen LogP contribution in [-0.4, -0.2) is 12.5 Å². The van der Waals surface area contributed by atoms with Gasteiger partial charge in [0.15, 0.2) is 0 Å². The number of carbonyl (C=O) groups excluding carboxylic acids is 1. The maximum atomic E-state index is 11.2. The van der Waals surface area contributed by atoms with E-state index in [1.165, 1.54) is 0 Å². The van der Waals surface area contributed by atoms with Gasteiger partial charge in [-0.25, -0.2) is 0 Å². The highest BCUT2D eigenvalue weighted by atomic mass is 16.2. The molecule has 0 unspecified atom stereocenters. The van der Waals surface area contributed by atoms with Crippen molar-refractivity contribution < 1.29 is 6.22 Å². The van der Waals surface area contributed by atoms with Crippen LogP contribution >= 0.6 is 0 Å². The number of unbranched alkanes of at least 4 members (excludes halogenated alkanes) is 1. The smallest absolute Gasteiger partial charge is 0.225 e. The molecular weight excluding hydrogens is 162 g/mol. The molecule has 1 amide bonds. The van der Waals surface area contributed by atoms with Crippen LogP contribution in [0.15, 0.2) is 0 Å². The van der Waals surface area contributed by atoms with Crippen LogP contribution in [0.5, 0.6) is 0 Å². The van der Waals surface area contributed by atoms with Gasteiger partial charge in [0.05, 0.1) is 0 Å². The number of amides is 1. The minimum Gasteiger partial charge on any atom is -0.356 e. The first-order chi connectivity index (χ1) is 5.98. The van der Waals surface area contributed by atoms with Crippen molar-refractivity contribution in [1.82, 2.24) is 5.32 Å². The van der Waals surface area contributed by atoms with Crippen LogP contribution in [0.1, 0.15) is 55.8 Å². The molecule has 1 N–H and O–H groups in total. The third kappa shape index (κ3) is 9.38. The molecule has 0 aromatic carbocycles. The van der Waals surface area contributed by atoms with Crippen molar-refractivity contribution in [1.29, 1.82) is 0 Å². The molecule has 0 rings (SSSR count). The molecule has 0 heterocycles. The monoisotopic (exact) mass is 189 g/mol. The van der Waals surface area contributed by atoms with Crippen molar-refractivity contribution in [3.8, 4) is 0 Å². The van der Waals surface area contributed by atoms with Crippen molar-refractivity contribution in [2.75, 3.05) is 6.54 Å². The van der Waals surface area contributed by atoms with Crippen LogP contribution in [-0.2, 0) is 4.79 Å². The van der Waals surface area contributed by atoms with E-state index in [0.717, 1.165) is 19.4 Å². The molecule has 82 valence electrons. The number of hydrogen-bond donors (Lipinski definition) is 1. The number of nitrogens with one attached hydrogen (secondary N) is 1. The highest BCUT2D eigenvalue weighted by Gasteiger charge is 2.19. The lowest BCUT2D eigenvalue weighted by Crippen LogP contribution is -2.35. The van der Waals surface area contributed by atoms with E-state index in [0.29, 0.717) is 0 Å². The Bertz CT molecular complexity index is 130. The first kappa shape index (κ1) is 15.0. The zero-order valence-corrected chi connectivity index (χ0v) is 10.0. The van der Waals surface area contributed by atoms with Gasteiger partial charge < -0.3 is 5.32 Å². The Kier molecular flexibility index (Phi) is 9.31. The van der Waals surface area contributed by atoms with Gasteiger partial charge in [-0.3, -0.25) is 4.79 Å². The summed E-state index contributed by atoms with van der Waals surface area (Å²) < 4.78 is 0. The molecule has 0 aromatic rings. The standard InChI is InChI=1S/C9H19NO.C2H6.H2/c1-5-6-7-10-8(11)9(2,3)4;1-2;/h5-7H2,1-4H3,(H,10,11);1-2H3;1H. The van der Waals surface area contributed by atoms with Gasteiger partial charge >= 0.3 is 0 Å². The molecule has 0 atom stereocenters. The molecule has 0 aliphatic heterocycles. The van der Waals surface area contributed by atoms with Crippen LogP contribution in [0, 0.1) is 5.41 Å². The molecule has 0 spiro atoms. The normalized spacial score (nSPS) is 10.0. The van der Waals surface area contributed by atoms with E-state index in [-0.39, 0.29) is 12.7 Å². The van der Waals surface area contributed by atoms with E-state index in [1.54, 1.807) is 0 Å². The second-order valence-corrected chi connectivity index (χ2v) is 3.86. The lowest BCUT2D eigenvalue weighted by Gasteiger charge is -2.17. The van der Waals surface area contributed by atoms with E-state index >= 15 is 0 Å². The van der Waals surface area contributed by atoms with Gasteiger partial charge in [0.2, 0.25) is 5.91 Å². The molecule has 0 radical (unpaired) electrons. The zero-order valence-electron chi connectivity index (χ0n) is 10.0. The average Bonchev–Trinajstić information content (AvgIpc) is 2.07. The van der Waals surface area contributed by atoms with Crippen molar-refractivity contribution in [2.45, 2.75) is 54.4 Å². The third-order valence-electron chi connectivity index (χ3n) is 1.50. The average molecular weight is 189 g/mol. The van der Waals surface area contributed by atoms with E-state index in [2.05, 4.69) is 12.2 Å². The van der Waals surface area contributed by atoms with Crippen LogP contribution in [0.2, 0.25) is 0 Å². The summed E-state index contributed by atoms with van der Waals surface area (Å²) in [6.45, 7) is 12.7. The lowest BCUT2D eigenvalue weighted by atomic mass is 9.96. The summed E-state index contributed by atoms with van der Waals surface area (Å²) in [5, 5.41) is 2.88. The largest absolute Gasteiger partial charge is 0.356 e. The van der Waals surface area contributed by atoms with E-state index in [1.807, 2.05) is 34.6 Å². The van der Waals surface area contributed by atoms with E-state index in [4.69, 9.17) is 0 Å². The summed E-state index contributed by atoms with van der Waals surface area (Å²) in [6.07, 6.45) is 2.20. The Morgan fingerprint density at radius 2 is 1.77 bits per heavy atom. The molecule has 0 aliphatic carbocycles. The predicted molar refractivity (Wildman–Crippen MR) is 60.8 cm³/mol. The Hall–Kier alpha value is -0.530. The topological polar surface area (TPSA) is 29.1 Å². The highest BCUT2D eigenvalue weighted by Crippen LogP contribution is 2.11. The Morgan fingerprint density at radius 1 is 1.31 bits per heavy atom. The number of carbonyl (C=O) groups is 1. The summed E-state index contributed by atoms with van der Waals surface area (Å²) in [4.78, 5) is 11.2. The summed E-state index contributed by atoms with van der Waals surface area (Å²) >= 11 is 0. The minimum absolute atomic E-state index is 0. The molecule has 0 aromatic heterocycles. The molecule has 0 saturated carbocycles. The fraction of sp³-hybridized carbons (Fsp3) is 0.909. The van der Waals surface area contributed by atoms with E-state index < -0.39 is 0 Å². The summed E-state index contributed by atoms with van der Waals surface area (Å²) in [5.74, 6) is 0.144. The summed E-state index contributed by atoms with van der Waals surface area (Å²) in [5.41, 5.74) is -0.242. The van der Waals surface area contributed by atoms with Gasteiger partial charge in [0, 0.05) is 13.4 Å². The van der Waals surface area contributed by atoms with Crippen LogP contribution in [0.4, 0.5) is 0 Å². The number of hydrogen-bond acceptors (Lipinski definition) is 1. The maximum absolute atomic E-state index is 11.2. The van der Waals surface area contributed by atoms with Gasteiger partial charge in [0.1, 0.15) is 0 Å². The molecule has 0 saturated heterocycles. The van der Waals surface area contributed by atoms with Crippen molar-refractivity contribution in [3.63, 3.8) is 0 Å². The van der Waals surface area contributed by atoms with Crippen LogP contribution < -0.4 is 5.32 Å². The van der Waals surface area contributed by atoms with Crippen LogP contribution in [0.3, 0.4) is 0 Å². The predicted octanol–water partition coefficient (Wildman–Crippen LogP) is 3.22. The molecular formula is C11H27NO. The number of rotatable bonds is 3. The Balaban J connectivity index is -0.000000376. The van der Waals surface area contributed by atoms with Gasteiger partial charge in [-0.15, -0.1) is 0 Å². The van der Waals surface area contributed by atoms with E-state index in [9.17, 15) is 4.79 Å². The van der Waals surface area contributed by atoms with Crippen LogP contribution in [0.25, 0.3) is 0 Å². The first-order valence-corrected chi connectivity index (χ1v) is 5.26. The second-order valence-electron chi connectivity index (χ2n) is 3.86. The highest BCUT2D eigenvalue weighted by molar-refractivity contribution is 5.81. The maximum Gasteiger partial charge on any atom is 0.225 e. The van der Waals surface area contributed by atoms with Gasteiger partial charge in [-0.1, -0.05) is 48.0 Å². The summed E-state index contributed by atoms with van der Waals surface area (Å²) in [6, 6.07) is 0. The third-order valence-corrected chi connectivity index (χ3v) is 1.50. The van der Waals surface area contributed by atoms with Crippen molar-refractivity contribution in [3.05, 3.63) is 0 Å². The van der Waals surface area contributed by atoms with Gasteiger partial charge in [-0.2, -0.15) is 0 Å². The zero-order chi connectivity index (χ0) is 10.9. The summed E-state index contributed by atoms with van der Waals surface area (Å²) in [7, 11) is 0. The van der Waals surface area contributed by atoms with Crippen molar-refractivity contribution >= 4 is 5.91 Å². The molecule has 0 fully saturated rings. The lowest BCUT2D eigenvalue weighted by molar-refractivity contribution is -0.128. The fourth-order valence-electron chi connectivity index (χ4n) is 0.644. The minimum atomic E-state index is -0.242. The van der Waals surface area contributed by atoms with Crippen molar-refractivity contribution in [2.24, 2.45) is 5.41 Å². The van der Waals surface area contributed by atoms with Gasteiger partial charge in [-0.05, 0) is 6.42 Å². The Morgan fingerprint density at radius 3 is 2.08 bits per heavy atom.